The SMILES string of the molecule is C=C(COc1ccccc1)C1=CCOC1CC/C(=C/c1ccc(O)c2ccccc12)c1ccccn1. The number of benzene rings is 3. The number of aromatic hydroxyl groups is 1. The average Bonchev–Trinajstić information content (AvgIpc) is 3.41. The van der Waals surface area contributed by atoms with Crippen molar-refractivity contribution in [1.29, 1.82) is 0 Å². The quantitative estimate of drug-likeness (QED) is 0.278. The van der Waals surface area contributed by atoms with Crippen LogP contribution in [0.2, 0.25) is 0 Å². The van der Waals surface area contributed by atoms with Crippen molar-refractivity contribution in [3.8, 4) is 11.5 Å². The molecule has 36 heavy (non-hydrogen) atoms. The van der Waals surface area contributed by atoms with Crippen molar-refractivity contribution in [2.45, 2.75) is 18.9 Å². The minimum absolute atomic E-state index is 0.0412. The van der Waals surface area contributed by atoms with Crippen molar-refractivity contribution in [1.82, 2.24) is 4.98 Å². The van der Waals surface area contributed by atoms with Crippen LogP contribution in [0.5, 0.6) is 11.5 Å². The Hall–Kier alpha value is -4.15. The molecule has 4 nitrogen and oxygen atoms in total. The summed E-state index contributed by atoms with van der Waals surface area (Å²) >= 11 is 0. The maximum absolute atomic E-state index is 10.3. The molecule has 1 aromatic heterocycles. The minimum Gasteiger partial charge on any atom is -0.507 e. The van der Waals surface area contributed by atoms with E-state index in [0.717, 1.165) is 57.3 Å². The molecular formula is C32H29NO3. The van der Waals surface area contributed by atoms with Gasteiger partial charge in [-0.2, -0.15) is 0 Å². The zero-order valence-electron chi connectivity index (χ0n) is 20.1. The molecule has 1 atom stereocenters. The lowest BCUT2D eigenvalue weighted by molar-refractivity contribution is 0.117. The van der Waals surface area contributed by atoms with Gasteiger partial charge in [-0.3, -0.25) is 4.98 Å². The van der Waals surface area contributed by atoms with E-state index in [-0.39, 0.29) is 11.9 Å². The summed E-state index contributed by atoms with van der Waals surface area (Å²) in [6.07, 6.45) is 7.64. The maximum Gasteiger partial charge on any atom is 0.123 e. The first-order valence-electron chi connectivity index (χ1n) is 12.2. The first-order valence-corrected chi connectivity index (χ1v) is 12.2. The second kappa shape index (κ2) is 11.1. The standard InChI is InChI=1S/C32H29NO3/c1-23(22-36-26-9-3-2-4-10-26)27-18-20-35-32(27)17-15-25(30-13-7-8-19-33-30)21-24-14-16-31(34)29-12-6-5-11-28(24)29/h2-14,16,18-19,21,32,34H,1,15,17,20,22H2/b25-21-. The number of para-hydroxylation sites is 1. The Labute approximate surface area is 211 Å². The third-order valence-corrected chi connectivity index (χ3v) is 6.45. The monoisotopic (exact) mass is 475 g/mol. The van der Waals surface area contributed by atoms with Crippen LogP contribution in [0.15, 0.2) is 115 Å². The first-order chi connectivity index (χ1) is 17.7. The lowest BCUT2D eigenvalue weighted by atomic mass is 9.94. The van der Waals surface area contributed by atoms with E-state index in [1.54, 1.807) is 6.07 Å². The van der Waals surface area contributed by atoms with Crippen LogP contribution in [0.25, 0.3) is 22.4 Å². The van der Waals surface area contributed by atoms with E-state index < -0.39 is 0 Å². The third kappa shape index (κ3) is 5.40. The van der Waals surface area contributed by atoms with E-state index >= 15 is 0 Å². The molecule has 0 aliphatic carbocycles. The molecule has 1 N–H and O–H groups in total. The fourth-order valence-electron chi connectivity index (χ4n) is 4.59. The van der Waals surface area contributed by atoms with Crippen LogP contribution in [0.4, 0.5) is 0 Å². The van der Waals surface area contributed by atoms with Gasteiger partial charge in [0.1, 0.15) is 18.1 Å². The van der Waals surface area contributed by atoms with Gasteiger partial charge in [0.25, 0.3) is 0 Å². The number of allylic oxidation sites excluding steroid dienone is 1. The summed E-state index contributed by atoms with van der Waals surface area (Å²) in [7, 11) is 0. The van der Waals surface area contributed by atoms with Gasteiger partial charge in [-0.05, 0) is 76.9 Å². The fourth-order valence-corrected chi connectivity index (χ4v) is 4.59. The zero-order valence-corrected chi connectivity index (χ0v) is 20.1. The molecule has 0 amide bonds. The minimum atomic E-state index is -0.0412. The highest BCUT2D eigenvalue weighted by atomic mass is 16.5. The van der Waals surface area contributed by atoms with Crippen LogP contribution in [-0.4, -0.2) is 29.4 Å². The number of rotatable bonds is 9. The highest BCUT2D eigenvalue weighted by molar-refractivity contribution is 5.98. The largest absolute Gasteiger partial charge is 0.507 e. The van der Waals surface area contributed by atoms with Crippen molar-refractivity contribution in [2.24, 2.45) is 0 Å². The summed E-state index contributed by atoms with van der Waals surface area (Å²) in [5, 5.41) is 12.2. The van der Waals surface area contributed by atoms with E-state index in [4.69, 9.17) is 9.47 Å². The van der Waals surface area contributed by atoms with E-state index in [2.05, 4.69) is 23.7 Å². The van der Waals surface area contributed by atoms with Gasteiger partial charge in [-0.1, -0.05) is 67.3 Å². The lowest BCUT2D eigenvalue weighted by Gasteiger charge is -2.18. The van der Waals surface area contributed by atoms with Crippen molar-refractivity contribution in [3.63, 3.8) is 0 Å². The molecule has 180 valence electrons. The van der Waals surface area contributed by atoms with E-state index in [0.29, 0.717) is 13.2 Å². The Kier molecular flexibility index (Phi) is 7.25. The summed E-state index contributed by atoms with van der Waals surface area (Å²) in [6.45, 7) is 5.28. The van der Waals surface area contributed by atoms with Crippen molar-refractivity contribution in [3.05, 3.63) is 126 Å². The summed E-state index contributed by atoms with van der Waals surface area (Å²) in [5.41, 5.74) is 5.15. The molecule has 3 aromatic carbocycles. The number of fused-ring (bicyclic) bond motifs is 1. The van der Waals surface area contributed by atoms with Gasteiger partial charge >= 0.3 is 0 Å². The van der Waals surface area contributed by atoms with E-state index in [1.165, 1.54) is 0 Å². The molecule has 0 fully saturated rings. The Morgan fingerprint density at radius 2 is 1.75 bits per heavy atom. The van der Waals surface area contributed by atoms with Gasteiger partial charge in [0.15, 0.2) is 0 Å². The molecule has 4 heteroatoms. The fraction of sp³-hybridized carbons (Fsp3) is 0.156. The molecule has 0 radical (unpaired) electrons. The van der Waals surface area contributed by atoms with Crippen LogP contribution in [0, 0.1) is 0 Å². The summed E-state index contributed by atoms with van der Waals surface area (Å²) in [4.78, 5) is 4.62. The molecule has 0 saturated heterocycles. The van der Waals surface area contributed by atoms with Crippen LogP contribution in [-0.2, 0) is 4.74 Å². The predicted octanol–water partition coefficient (Wildman–Crippen LogP) is 7.22. The van der Waals surface area contributed by atoms with Gasteiger partial charge in [-0.15, -0.1) is 0 Å². The molecule has 0 spiro atoms. The number of ether oxygens (including phenoxy) is 2. The van der Waals surface area contributed by atoms with Crippen molar-refractivity contribution in [2.75, 3.05) is 13.2 Å². The normalized spacial score (nSPS) is 15.6. The first kappa shape index (κ1) is 23.6. The number of hydrogen-bond donors (Lipinski definition) is 1. The Morgan fingerprint density at radius 3 is 2.56 bits per heavy atom. The van der Waals surface area contributed by atoms with Crippen LogP contribution in [0.1, 0.15) is 24.1 Å². The molecule has 1 aliphatic rings. The Bertz CT molecular complexity index is 1410. The summed E-state index contributed by atoms with van der Waals surface area (Å²) < 4.78 is 12.0. The molecule has 0 saturated carbocycles. The van der Waals surface area contributed by atoms with Gasteiger partial charge in [0, 0.05) is 11.6 Å². The molecule has 1 unspecified atom stereocenters. The predicted molar refractivity (Wildman–Crippen MR) is 146 cm³/mol. The van der Waals surface area contributed by atoms with Crippen LogP contribution in [0.3, 0.4) is 0 Å². The Morgan fingerprint density at radius 1 is 0.972 bits per heavy atom. The van der Waals surface area contributed by atoms with Gasteiger partial charge < -0.3 is 14.6 Å². The Balaban J connectivity index is 1.35. The zero-order chi connectivity index (χ0) is 24.7. The highest BCUT2D eigenvalue weighted by Gasteiger charge is 2.23. The second-order valence-corrected chi connectivity index (χ2v) is 8.83. The van der Waals surface area contributed by atoms with Crippen LogP contribution >= 0.6 is 0 Å². The number of aromatic nitrogens is 1. The van der Waals surface area contributed by atoms with E-state index in [1.807, 2.05) is 85.1 Å². The van der Waals surface area contributed by atoms with Crippen LogP contribution < -0.4 is 4.74 Å². The maximum atomic E-state index is 10.3. The molecule has 1 aliphatic heterocycles. The number of hydrogen-bond acceptors (Lipinski definition) is 4. The van der Waals surface area contributed by atoms with Gasteiger partial charge in [-0.25, -0.2) is 0 Å². The third-order valence-electron chi connectivity index (χ3n) is 6.45. The van der Waals surface area contributed by atoms with Crippen molar-refractivity contribution < 1.29 is 14.6 Å². The number of phenolic OH excluding ortho intramolecular Hbond substituents is 1. The van der Waals surface area contributed by atoms with Gasteiger partial charge in [0.05, 0.1) is 18.4 Å². The molecular weight excluding hydrogens is 446 g/mol. The summed E-state index contributed by atoms with van der Waals surface area (Å²) in [6, 6.07) is 27.4. The molecule has 0 bridgehead atoms. The number of nitrogens with zero attached hydrogens (tertiary/aromatic N) is 1. The molecule has 4 aromatic rings. The molecule has 2 heterocycles. The lowest BCUT2D eigenvalue weighted by Crippen LogP contribution is -2.15. The summed E-state index contributed by atoms with van der Waals surface area (Å²) in [5.74, 6) is 1.11. The molecule has 5 rings (SSSR count). The number of phenols is 1. The smallest absolute Gasteiger partial charge is 0.123 e. The second-order valence-electron chi connectivity index (χ2n) is 8.83. The van der Waals surface area contributed by atoms with Gasteiger partial charge in [0.2, 0.25) is 0 Å². The van der Waals surface area contributed by atoms with E-state index in [9.17, 15) is 5.11 Å². The van der Waals surface area contributed by atoms with Crippen molar-refractivity contribution >= 4 is 22.4 Å². The average molecular weight is 476 g/mol. The topological polar surface area (TPSA) is 51.6 Å². The number of pyridine rings is 1. The highest BCUT2D eigenvalue weighted by Crippen LogP contribution is 2.33.